The fraction of sp³-hybridized carbons (Fsp3) is 0.722. The molecule has 0 amide bonds. The van der Waals surface area contributed by atoms with Crippen molar-refractivity contribution in [1.82, 2.24) is 0 Å². The normalized spacial score (nSPS) is 12.0. The number of rotatable bonds is 25. The third-order valence-corrected chi connectivity index (χ3v) is 10.0. The molecule has 0 atom stereocenters. The van der Waals surface area contributed by atoms with E-state index in [1.807, 2.05) is 35.1 Å². The third-order valence-electron chi connectivity index (χ3n) is 7.95. The highest BCUT2D eigenvalue weighted by molar-refractivity contribution is 7.14. The lowest BCUT2D eigenvalue weighted by Gasteiger charge is -2.03. The maximum atomic E-state index is 4.48. The topological polar surface area (TPSA) is 24.7 Å². The van der Waals surface area contributed by atoms with Gasteiger partial charge in [-0.15, -0.1) is 22.7 Å². The second kappa shape index (κ2) is 23.3. The smallest absolute Gasteiger partial charge is 0.0670 e. The van der Waals surface area contributed by atoms with Crippen molar-refractivity contribution in [1.29, 1.82) is 0 Å². The Balaban J connectivity index is 1.68. The van der Waals surface area contributed by atoms with Crippen LogP contribution in [0.2, 0.25) is 0 Å². The first-order valence-electron chi connectivity index (χ1n) is 16.9. The van der Waals surface area contributed by atoms with Crippen LogP contribution in [0.3, 0.4) is 0 Å². The molecule has 40 heavy (non-hydrogen) atoms. The molecule has 2 rings (SSSR count). The van der Waals surface area contributed by atoms with Gasteiger partial charge in [0, 0.05) is 9.75 Å². The lowest BCUT2D eigenvalue weighted by atomic mass is 10.0. The highest BCUT2D eigenvalue weighted by Crippen LogP contribution is 2.24. The Bertz CT molecular complexity index is 860. The summed E-state index contributed by atoms with van der Waals surface area (Å²) in [5.41, 5.74) is 2.91. The van der Waals surface area contributed by atoms with Gasteiger partial charge in [0.1, 0.15) is 0 Å². The highest BCUT2D eigenvalue weighted by atomic mass is 32.1. The molecule has 0 saturated heterocycles. The lowest BCUT2D eigenvalue weighted by molar-refractivity contribution is 0.556. The number of unbranched alkanes of at least 4 members (excludes halogenated alkanes) is 18. The van der Waals surface area contributed by atoms with E-state index in [0.717, 1.165) is 0 Å². The fourth-order valence-corrected chi connectivity index (χ4v) is 7.44. The van der Waals surface area contributed by atoms with Crippen molar-refractivity contribution < 1.29 is 0 Å². The van der Waals surface area contributed by atoms with Crippen molar-refractivity contribution in [2.45, 2.75) is 169 Å². The van der Waals surface area contributed by atoms with Gasteiger partial charge in [-0.3, -0.25) is 0 Å². The standard InChI is InChI=1S/C36H60N2S2/c1-5-7-9-11-13-15-17-19-21-23-25-33-27-31(3)39-35(33)29-37-38-30-36-34(28-32(4)40-36)26-24-22-20-18-16-14-12-10-8-6-2/h27-30H,5-26H2,1-4H3. The van der Waals surface area contributed by atoms with E-state index in [4.69, 9.17) is 0 Å². The average molecular weight is 585 g/mol. The lowest BCUT2D eigenvalue weighted by Crippen LogP contribution is -1.90. The summed E-state index contributed by atoms with van der Waals surface area (Å²) in [4.78, 5) is 5.33. The number of hydrogen-bond acceptors (Lipinski definition) is 4. The van der Waals surface area contributed by atoms with Crippen LogP contribution in [0.4, 0.5) is 0 Å². The van der Waals surface area contributed by atoms with E-state index in [1.165, 1.54) is 172 Å². The van der Waals surface area contributed by atoms with E-state index in [9.17, 15) is 0 Å². The molecule has 0 spiro atoms. The van der Waals surface area contributed by atoms with Crippen LogP contribution in [0.5, 0.6) is 0 Å². The van der Waals surface area contributed by atoms with Crippen molar-refractivity contribution in [2.75, 3.05) is 0 Å². The molecule has 2 aromatic heterocycles. The zero-order chi connectivity index (χ0) is 28.7. The summed E-state index contributed by atoms with van der Waals surface area (Å²) < 4.78 is 0. The maximum Gasteiger partial charge on any atom is 0.0670 e. The number of aryl methyl sites for hydroxylation is 4. The van der Waals surface area contributed by atoms with Gasteiger partial charge in [0.05, 0.1) is 22.2 Å². The van der Waals surface area contributed by atoms with Crippen LogP contribution in [0.1, 0.15) is 173 Å². The van der Waals surface area contributed by atoms with Gasteiger partial charge >= 0.3 is 0 Å². The van der Waals surface area contributed by atoms with Crippen LogP contribution in [0, 0.1) is 13.8 Å². The Morgan fingerprint density at radius 3 is 1.10 bits per heavy atom. The van der Waals surface area contributed by atoms with Crippen LogP contribution in [0.15, 0.2) is 22.3 Å². The molecule has 226 valence electrons. The van der Waals surface area contributed by atoms with Crippen LogP contribution >= 0.6 is 22.7 Å². The van der Waals surface area contributed by atoms with Crippen LogP contribution in [-0.2, 0) is 12.8 Å². The third kappa shape index (κ3) is 16.2. The molecule has 0 aromatic carbocycles. The molecule has 2 heterocycles. The summed E-state index contributed by atoms with van der Waals surface area (Å²) in [5.74, 6) is 0. The molecular weight excluding hydrogens is 525 g/mol. The first-order valence-corrected chi connectivity index (χ1v) is 18.5. The number of thiophene rings is 2. The van der Waals surface area contributed by atoms with E-state index in [1.54, 1.807) is 0 Å². The largest absolute Gasteiger partial charge is 0.158 e. The predicted molar refractivity (Wildman–Crippen MR) is 184 cm³/mol. The summed E-state index contributed by atoms with van der Waals surface area (Å²) in [6.45, 7) is 9.00. The molecule has 0 aliphatic rings. The molecule has 4 heteroatoms. The summed E-state index contributed by atoms with van der Waals surface area (Å²) in [7, 11) is 0. The zero-order valence-electron chi connectivity index (χ0n) is 26.6. The minimum atomic E-state index is 1.17. The van der Waals surface area contributed by atoms with E-state index in [2.05, 4.69) is 50.0 Å². The van der Waals surface area contributed by atoms with Gasteiger partial charge in [-0.25, -0.2) is 0 Å². The van der Waals surface area contributed by atoms with Crippen LogP contribution in [-0.4, -0.2) is 12.4 Å². The second-order valence-corrected chi connectivity index (χ2v) is 14.4. The molecule has 0 unspecified atom stereocenters. The van der Waals surface area contributed by atoms with Crippen molar-refractivity contribution in [3.63, 3.8) is 0 Å². The zero-order valence-corrected chi connectivity index (χ0v) is 28.2. The average Bonchev–Trinajstić information content (AvgIpc) is 3.48. The summed E-state index contributed by atoms with van der Waals surface area (Å²) in [6.07, 6.45) is 34.0. The molecule has 0 aliphatic carbocycles. The van der Waals surface area contributed by atoms with Gasteiger partial charge in [-0.05, 0) is 62.8 Å². The molecule has 0 bridgehead atoms. The second-order valence-electron chi connectivity index (χ2n) is 11.8. The van der Waals surface area contributed by atoms with Crippen molar-refractivity contribution in [3.8, 4) is 0 Å². The number of hydrogen-bond donors (Lipinski definition) is 0. The van der Waals surface area contributed by atoms with Gasteiger partial charge in [0.15, 0.2) is 0 Å². The predicted octanol–water partition coefficient (Wildman–Crippen LogP) is 12.8. The summed E-state index contributed by atoms with van der Waals surface area (Å²) in [6, 6.07) is 4.72. The highest BCUT2D eigenvalue weighted by Gasteiger charge is 2.07. The Kier molecular flexibility index (Phi) is 20.4. The first-order chi connectivity index (χ1) is 19.6. The Labute approximate surface area is 256 Å². The van der Waals surface area contributed by atoms with Crippen LogP contribution < -0.4 is 0 Å². The first kappa shape index (κ1) is 34.9. The van der Waals surface area contributed by atoms with Crippen LogP contribution in [0.25, 0.3) is 0 Å². The number of nitrogens with zero attached hydrogens (tertiary/aromatic N) is 2. The monoisotopic (exact) mass is 584 g/mol. The van der Waals surface area contributed by atoms with Gasteiger partial charge < -0.3 is 0 Å². The molecular formula is C36H60N2S2. The van der Waals surface area contributed by atoms with E-state index in [0.29, 0.717) is 0 Å². The summed E-state index contributed by atoms with van der Waals surface area (Å²) in [5, 5.41) is 8.96. The summed E-state index contributed by atoms with van der Waals surface area (Å²) >= 11 is 3.70. The molecule has 2 nitrogen and oxygen atoms in total. The SMILES string of the molecule is CCCCCCCCCCCCc1cc(C)sc1C=NN=Cc1sc(C)cc1CCCCCCCCCCCC. The molecule has 0 fully saturated rings. The molecule has 2 aromatic rings. The van der Waals surface area contributed by atoms with Crippen molar-refractivity contribution >= 4 is 35.1 Å². The van der Waals surface area contributed by atoms with Crippen molar-refractivity contribution in [2.24, 2.45) is 10.2 Å². The van der Waals surface area contributed by atoms with Gasteiger partial charge in [0.25, 0.3) is 0 Å². The van der Waals surface area contributed by atoms with Gasteiger partial charge in [-0.2, -0.15) is 10.2 Å². The molecule has 0 radical (unpaired) electrons. The fourth-order valence-electron chi connectivity index (χ4n) is 5.56. The van der Waals surface area contributed by atoms with Crippen molar-refractivity contribution in [3.05, 3.63) is 42.8 Å². The van der Waals surface area contributed by atoms with E-state index >= 15 is 0 Å². The molecule has 0 saturated carbocycles. The Morgan fingerprint density at radius 2 is 0.775 bits per heavy atom. The minimum Gasteiger partial charge on any atom is -0.158 e. The van der Waals surface area contributed by atoms with Gasteiger partial charge in [0.2, 0.25) is 0 Å². The Hall–Kier alpha value is -1.26. The van der Waals surface area contributed by atoms with Gasteiger partial charge in [-0.1, -0.05) is 129 Å². The quantitative estimate of drug-likeness (QED) is 0.0630. The minimum absolute atomic E-state index is 1.17. The maximum absolute atomic E-state index is 4.48. The molecule has 0 aliphatic heterocycles. The Morgan fingerprint density at radius 1 is 0.475 bits per heavy atom. The van der Waals surface area contributed by atoms with E-state index < -0.39 is 0 Å². The molecule has 0 N–H and O–H groups in total. The van der Waals surface area contributed by atoms with E-state index in [-0.39, 0.29) is 0 Å².